The van der Waals surface area contributed by atoms with Crippen LogP contribution in [0.2, 0.25) is 5.02 Å². The van der Waals surface area contributed by atoms with Crippen molar-refractivity contribution in [2.75, 3.05) is 46.9 Å². The summed E-state index contributed by atoms with van der Waals surface area (Å²) in [7, 11) is 3.77. The molecule has 0 aliphatic carbocycles. The van der Waals surface area contributed by atoms with E-state index in [1.165, 1.54) is 31.2 Å². The molecule has 1 aromatic carbocycles. The second-order valence-electron chi connectivity index (χ2n) is 8.11. The number of benzene rings is 1. The number of hydrogen-bond donors (Lipinski definition) is 1. The minimum absolute atomic E-state index is 0.734. The van der Waals surface area contributed by atoms with E-state index < -0.39 is 0 Å². The number of aromatic nitrogens is 1. The quantitative estimate of drug-likeness (QED) is 0.137. The third-order valence-corrected chi connectivity index (χ3v) is 6.59. The van der Waals surface area contributed by atoms with Crippen LogP contribution < -0.4 is 5.32 Å². The lowest BCUT2D eigenvalue weighted by Crippen LogP contribution is -2.35. The van der Waals surface area contributed by atoms with Crippen molar-refractivity contribution in [2.45, 2.75) is 57.3 Å². The Bertz CT molecular complexity index is 913. The van der Waals surface area contributed by atoms with Crippen molar-refractivity contribution in [2.24, 2.45) is 4.99 Å². The highest BCUT2D eigenvalue weighted by molar-refractivity contribution is 7.98. The zero-order chi connectivity index (χ0) is 27.3. The third-order valence-electron chi connectivity index (χ3n) is 5.31. The number of likely N-dealkylation sites (N-methyl/N-ethyl adjacent to an activating group) is 1. The molecule has 6 nitrogen and oxygen atoms in total. The van der Waals surface area contributed by atoms with E-state index in [1.807, 2.05) is 64.4 Å². The maximum Gasteiger partial charge on any atom is 0.188 e. The molecule has 1 saturated heterocycles. The summed E-state index contributed by atoms with van der Waals surface area (Å²) in [5, 5.41) is 4.68. The molecule has 0 bridgehead atoms. The van der Waals surface area contributed by atoms with E-state index >= 15 is 0 Å². The van der Waals surface area contributed by atoms with Crippen molar-refractivity contribution in [3.05, 3.63) is 65.7 Å². The van der Waals surface area contributed by atoms with Crippen molar-refractivity contribution in [1.29, 1.82) is 0 Å². The standard InChI is InChI=1S/C22H29ClN4OS.C5H10O.C2H6/c1-5-13-27(14-12-24-3)20(25-4)11-6-17(2)21-22(28-16-26-21)29-15-18-7-9-19(23)10-8-18;1-2-4-6-5-3-1;1-2/h6-11,16,24H,2,5,12-15H2,1,3-4H3;1-5H2;1-2H3/b11-6-,25-20?;;. The molecule has 37 heavy (non-hydrogen) atoms. The number of aliphatic imine (C=N–C) groups is 1. The normalized spacial score (nSPS) is 13.4. The Labute approximate surface area is 233 Å². The number of oxazole rings is 1. The highest BCUT2D eigenvalue weighted by Crippen LogP contribution is 2.30. The number of ether oxygens (including phenoxy) is 1. The number of amidine groups is 1. The fourth-order valence-corrected chi connectivity index (χ4v) is 4.45. The average molecular weight is 549 g/mol. The van der Waals surface area contributed by atoms with Crippen molar-refractivity contribution in [1.82, 2.24) is 15.2 Å². The van der Waals surface area contributed by atoms with E-state index in [0.29, 0.717) is 0 Å². The van der Waals surface area contributed by atoms with Crippen molar-refractivity contribution < 1.29 is 9.15 Å². The van der Waals surface area contributed by atoms with Crippen LogP contribution in [-0.2, 0) is 10.5 Å². The van der Waals surface area contributed by atoms with Crippen LogP contribution in [0.15, 0.2) is 63.9 Å². The lowest BCUT2D eigenvalue weighted by Gasteiger charge is -2.23. The van der Waals surface area contributed by atoms with Gasteiger partial charge in [-0.2, -0.15) is 0 Å². The lowest BCUT2D eigenvalue weighted by molar-refractivity contribution is 0.0968. The summed E-state index contributed by atoms with van der Waals surface area (Å²) < 4.78 is 10.7. The van der Waals surface area contributed by atoms with Crippen LogP contribution >= 0.6 is 23.4 Å². The predicted molar refractivity (Wildman–Crippen MR) is 161 cm³/mol. The minimum atomic E-state index is 0.734. The molecule has 1 aliphatic heterocycles. The van der Waals surface area contributed by atoms with E-state index in [9.17, 15) is 0 Å². The Balaban J connectivity index is 0.000000735. The first-order chi connectivity index (χ1) is 18.1. The molecule has 0 atom stereocenters. The number of allylic oxidation sites excluding steroid dienone is 2. The van der Waals surface area contributed by atoms with Gasteiger partial charge in [0.05, 0.1) is 0 Å². The summed E-state index contributed by atoms with van der Waals surface area (Å²) in [5.41, 5.74) is 2.72. The average Bonchev–Trinajstić information content (AvgIpc) is 3.43. The van der Waals surface area contributed by atoms with Crippen molar-refractivity contribution >= 4 is 34.8 Å². The van der Waals surface area contributed by atoms with Gasteiger partial charge in [0.15, 0.2) is 11.5 Å². The fourth-order valence-electron chi connectivity index (χ4n) is 3.40. The summed E-state index contributed by atoms with van der Waals surface area (Å²) in [6, 6.07) is 7.80. The second kappa shape index (κ2) is 20.9. The van der Waals surface area contributed by atoms with Gasteiger partial charge >= 0.3 is 0 Å². The summed E-state index contributed by atoms with van der Waals surface area (Å²) >= 11 is 7.54. The molecule has 1 N–H and O–H groups in total. The zero-order valence-electron chi connectivity index (χ0n) is 23.3. The van der Waals surface area contributed by atoms with Crippen LogP contribution in [0.25, 0.3) is 5.57 Å². The molecule has 206 valence electrons. The highest BCUT2D eigenvalue weighted by Gasteiger charge is 2.12. The maximum absolute atomic E-state index is 5.95. The SMILES string of the molecule is C1CCOCC1.C=C(/C=C\C(=NC)N(CCC)CCNC)c1ncoc1SCc1ccc(Cl)cc1.CC. The number of thioether (sulfide) groups is 1. The van der Waals surface area contributed by atoms with Gasteiger partial charge < -0.3 is 19.4 Å². The molecular formula is C29H45ClN4O2S. The van der Waals surface area contributed by atoms with E-state index in [-0.39, 0.29) is 0 Å². The van der Waals surface area contributed by atoms with Crippen LogP contribution in [0.4, 0.5) is 0 Å². The van der Waals surface area contributed by atoms with Gasteiger partial charge in [0.25, 0.3) is 0 Å². The highest BCUT2D eigenvalue weighted by atomic mass is 35.5. The van der Waals surface area contributed by atoms with Crippen molar-refractivity contribution in [3.8, 4) is 0 Å². The summed E-state index contributed by atoms with van der Waals surface area (Å²) in [5.74, 6) is 1.70. The van der Waals surface area contributed by atoms with Crippen LogP contribution in [0.3, 0.4) is 0 Å². The van der Waals surface area contributed by atoms with Gasteiger partial charge in [-0.25, -0.2) is 4.98 Å². The third kappa shape index (κ3) is 13.3. The number of hydrogen-bond acceptors (Lipinski definition) is 6. The van der Waals surface area contributed by atoms with Gasteiger partial charge in [0.1, 0.15) is 11.5 Å². The first-order valence-electron chi connectivity index (χ1n) is 13.2. The molecule has 8 heteroatoms. The minimum Gasteiger partial charge on any atom is -0.437 e. The van der Waals surface area contributed by atoms with Gasteiger partial charge in [-0.3, -0.25) is 4.99 Å². The second-order valence-corrected chi connectivity index (χ2v) is 9.49. The molecule has 0 radical (unpaired) electrons. The summed E-state index contributed by atoms with van der Waals surface area (Å²) in [6.45, 7) is 15.1. The molecule has 3 rings (SSSR count). The van der Waals surface area contributed by atoms with Gasteiger partial charge in [0, 0.05) is 50.7 Å². The fraction of sp³-hybridized carbons (Fsp3) is 0.517. The van der Waals surface area contributed by atoms with Crippen LogP contribution in [0.1, 0.15) is 57.7 Å². The molecule has 1 fully saturated rings. The number of nitrogens with one attached hydrogen (secondary N) is 1. The van der Waals surface area contributed by atoms with E-state index in [0.717, 1.165) is 72.2 Å². The molecule has 1 aromatic heterocycles. The molecule has 0 unspecified atom stereocenters. The lowest BCUT2D eigenvalue weighted by atomic mass is 10.2. The Kier molecular flexibility index (Phi) is 18.7. The number of nitrogens with zero attached hydrogens (tertiary/aromatic N) is 3. The van der Waals surface area contributed by atoms with E-state index in [1.54, 1.807) is 11.8 Å². The Morgan fingerprint density at radius 1 is 1.16 bits per heavy atom. The van der Waals surface area contributed by atoms with E-state index in [2.05, 4.69) is 33.7 Å². The van der Waals surface area contributed by atoms with Crippen molar-refractivity contribution in [3.63, 3.8) is 0 Å². The van der Waals surface area contributed by atoms with Gasteiger partial charge in [-0.15, -0.1) is 0 Å². The van der Waals surface area contributed by atoms with Gasteiger partial charge in [-0.05, 0) is 68.2 Å². The smallest absolute Gasteiger partial charge is 0.188 e. The molecule has 0 saturated carbocycles. The summed E-state index contributed by atoms with van der Waals surface area (Å²) in [6.07, 6.45) is 10.4. The molecular weight excluding hydrogens is 504 g/mol. The molecule has 0 amide bonds. The van der Waals surface area contributed by atoms with Crippen LogP contribution in [0, 0.1) is 0 Å². The first-order valence-corrected chi connectivity index (χ1v) is 14.6. The molecule has 2 aromatic rings. The van der Waals surface area contributed by atoms with Gasteiger partial charge in [0.2, 0.25) is 0 Å². The molecule has 0 spiro atoms. The Hall–Kier alpha value is -2.06. The van der Waals surface area contributed by atoms with Gasteiger partial charge in [-0.1, -0.05) is 62.8 Å². The predicted octanol–water partition coefficient (Wildman–Crippen LogP) is 7.36. The summed E-state index contributed by atoms with van der Waals surface area (Å²) in [4.78, 5) is 11.1. The van der Waals surface area contributed by atoms with Crippen LogP contribution in [-0.4, -0.2) is 62.7 Å². The number of rotatable bonds is 11. The molecule has 2 heterocycles. The Morgan fingerprint density at radius 3 is 2.41 bits per heavy atom. The largest absolute Gasteiger partial charge is 0.437 e. The van der Waals surface area contributed by atoms with E-state index in [4.69, 9.17) is 20.8 Å². The maximum atomic E-state index is 5.95. The Morgan fingerprint density at radius 2 is 1.86 bits per heavy atom. The molecule has 1 aliphatic rings. The first kappa shape index (κ1) is 33.0. The topological polar surface area (TPSA) is 62.9 Å². The van der Waals surface area contributed by atoms with Crippen LogP contribution in [0.5, 0.6) is 0 Å². The monoisotopic (exact) mass is 548 g/mol. The zero-order valence-corrected chi connectivity index (χ0v) is 24.8. The number of halogens is 1.